The van der Waals surface area contributed by atoms with E-state index in [1.807, 2.05) is 25.1 Å². The van der Waals surface area contributed by atoms with E-state index in [9.17, 15) is 4.79 Å². The van der Waals surface area contributed by atoms with Crippen molar-refractivity contribution in [3.05, 3.63) is 40.4 Å². The van der Waals surface area contributed by atoms with E-state index >= 15 is 0 Å². The van der Waals surface area contributed by atoms with Crippen molar-refractivity contribution in [3.63, 3.8) is 0 Å². The average Bonchev–Trinajstić information content (AvgIpc) is 2.10. The van der Waals surface area contributed by atoms with Gasteiger partial charge in [0.15, 0.2) is 0 Å². The number of benzene rings is 1. The summed E-state index contributed by atoms with van der Waals surface area (Å²) in [7, 11) is 0. The van der Waals surface area contributed by atoms with Crippen molar-refractivity contribution in [3.8, 4) is 0 Å². The molecule has 0 spiro atoms. The number of nitrogens with two attached hydrogens (primary N) is 1. The van der Waals surface area contributed by atoms with E-state index in [1.54, 1.807) is 12.2 Å². The van der Waals surface area contributed by atoms with Crippen LogP contribution in [0.3, 0.4) is 0 Å². The third-order valence-corrected chi connectivity index (χ3v) is 2.11. The fourth-order valence-corrected chi connectivity index (χ4v) is 1.27. The van der Waals surface area contributed by atoms with E-state index < -0.39 is 0 Å². The molecule has 1 amide bonds. The number of halogens is 1. The summed E-state index contributed by atoms with van der Waals surface area (Å²) in [6.07, 6.45) is 3.76. The summed E-state index contributed by atoms with van der Waals surface area (Å²) < 4.78 is 0. The van der Waals surface area contributed by atoms with E-state index in [1.165, 1.54) is 0 Å². The van der Waals surface area contributed by atoms with Gasteiger partial charge in [-0.2, -0.15) is 0 Å². The number of carbonyl (C=O) groups excluding carboxylic acids is 1. The topological polar surface area (TPSA) is 43.1 Å². The summed E-state index contributed by atoms with van der Waals surface area (Å²) in [5, 5.41) is 0.677. The van der Waals surface area contributed by atoms with Crippen LogP contribution in [0.2, 0.25) is 5.02 Å². The third-order valence-electron chi connectivity index (χ3n) is 1.77. The van der Waals surface area contributed by atoms with Crippen LogP contribution in [-0.2, 0) is 4.79 Å². The summed E-state index contributed by atoms with van der Waals surface area (Å²) in [4.78, 5) is 10.5. The Hall–Kier alpha value is -1.28. The molecule has 2 N–H and O–H groups in total. The van der Waals surface area contributed by atoms with Crippen LogP contribution in [0, 0.1) is 6.92 Å². The number of aryl methyl sites for hydroxylation is 1. The number of hydrogen-bond acceptors (Lipinski definition) is 1. The molecule has 0 aliphatic rings. The smallest absolute Gasteiger partial charge is 0.221 e. The Bertz CT molecular complexity index is 372. The second-order valence-corrected chi connectivity index (χ2v) is 3.50. The van der Waals surface area contributed by atoms with Crippen LogP contribution in [0.4, 0.5) is 0 Å². The second kappa shape index (κ2) is 4.82. The van der Waals surface area contributed by atoms with Gasteiger partial charge in [0.05, 0.1) is 0 Å². The Kier molecular flexibility index (Phi) is 3.72. The molecule has 0 saturated heterocycles. The van der Waals surface area contributed by atoms with Gasteiger partial charge in [-0.25, -0.2) is 0 Å². The molecular weight excluding hydrogens is 198 g/mol. The van der Waals surface area contributed by atoms with Crippen molar-refractivity contribution < 1.29 is 4.79 Å². The van der Waals surface area contributed by atoms with Crippen LogP contribution in [0.15, 0.2) is 24.3 Å². The van der Waals surface area contributed by atoms with Crippen molar-refractivity contribution in [1.29, 1.82) is 0 Å². The molecule has 0 aliphatic carbocycles. The number of hydrogen-bond donors (Lipinski definition) is 1. The molecule has 1 aromatic carbocycles. The van der Waals surface area contributed by atoms with Crippen molar-refractivity contribution in [2.24, 2.45) is 5.73 Å². The molecule has 0 aliphatic heterocycles. The first-order valence-electron chi connectivity index (χ1n) is 4.30. The number of amides is 1. The lowest BCUT2D eigenvalue weighted by molar-refractivity contribution is -0.117. The van der Waals surface area contributed by atoms with Gasteiger partial charge >= 0.3 is 0 Å². The molecule has 14 heavy (non-hydrogen) atoms. The second-order valence-electron chi connectivity index (χ2n) is 3.10. The standard InChI is InChI=1S/C11H12ClNO/c1-8-5-6-10(12)9(7-8)3-2-4-11(13)14/h2-3,5-7H,4H2,1H3,(H2,13,14). The van der Waals surface area contributed by atoms with E-state index in [0.717, 1.165) is 11.1 Å². The third kappa shape index (κ3) is 3.23. The van der Waals surface area contributed by atoms with Crippen LogP contribution in [-0.4, -0.2) is 5.91 Å². The van der Waals surface area contributed by atoms with E-state index in [0.29, 0.717) is 5.02 Å². The van der Waals surface area contributed by atoms with E-state index in [2.05, 4.69) is 0 Å². The number of rotatable bonds is 3. The quantitative estimate of drug-likeness (QED) is 0.817. The Labute approximate surface area is 88.4 Å². The number of primary amides is 1. The summed E-state index contributed by atoms with van der Waals surface area (Å²) in [6, 6.07) is 5.73. The summed E-state index contributed by atoms with van der Waals surface area (Å²) in [5.41, 5.74) is 7.04. The monoisotopic (exact) mass is 209 g/mol. The molecule has 0 unspecified atom stereocenters. The molecule has 2 nitrogen and oxygen atoms in total. The lowest BCUT2D eigenvalue weighted by Gasteiger charge is -1.99. The summed E-state index contributed by atoms with van der Waals surface area (Å²) in [5.74, 6) is -0.343. The highest BCUT2D eigenvalue weighted by Crippen LogP contribution is 2.18. The highest BCUT2D eigenvalue weighted by atomic mass is 35.5. The molecule has 0 radical (unpaired) electrons. The Morgan fingerprint density at radius 1 is 1.57 bits per heavy atom. The average molecular weight is 210 g/mol. The molecule has 0 atom stereocenters. The van der Waals surface area contributed by atoms with Crippen LogP contribution < -0.4 is 5.73 Å². The highest BCUT2D eigenvalue weighted by Gasteiger charge is 1.96. The molecule has 74 valence electrons. The molecule has 0 saturated carbocycles. The molecule has 3 heteroatoms. The van der Waals surface area contributed by atoms with Gasteiger partial charge in [0.1, 0.15) is 0 Å². The molecule has 1 aromatic rings. The van der Waals surface area contributed by atoms with E-state index in [4.69, 9.17) is 17.3 Å². The van der Waals surface area contributed by atoms with Crippen LogP contribution in [0.25, 0.3) is 6.08 Å². The zero-order valence-corrected chi connectivity index (χ0v) is 8.71. The van der Waals surface area contributed by atoms with Crippen molar-refractivity contribution in [1.82, 2.24) is 0 Å². The van der Waals surface area contributed by atoms with Gasteiger partial charge in [-0.15, -0.1) is 0 Å². The molecule has 1 rings (SSSR count). The lowest BCUT2D eigenvalue weighted by Crippen LogP contribution is -2.07. The minimum Gasteiger partial charge on any atom is -0.369 e. The van der Waals surface area contributed by atoms with Gasteiger partial charge in [0.25, 0.3) is 0 Å². The van der Waals surface area contributed by atoms with Gasteiger partial charge in [-0.05, 0) is 18.6 Å². The zero-order valence-electron chi connectivity index (χ0n) is 7.96. The lowest BCUT2D eigenvalue weighted by atomic mass is 10.1. The summed E-state index contributed by atoms with van der Waals surface area (Å²) in [6.45, 7) is 1.99. The Balaban J connectivity index is 2.80. The van der Waals surface area contributed by atoms with Crippen LogP contribution >= 0.6 is 11.6 Å². The van der Waals surface area contributed by atoms with Crippen LogP contribution in [0.5, 0.6) is 0 Å². The molecular formula is C11H12ClNO. The largest absolute Gasteiger partial charge is 0.369 e. The predicted molar refractivity (Wildman–Crippen MR) is 59.0 cm³/mol. The van der Waals surface area contributed by atoms with Gasteiger partial charge in [-0.3, -0.25) is 4.79 Å². The van der Waals surface area contributed by atoms with Gasteiger partial charge in [0, 0.05) is 11.4 Å². The van der Waals surface area contributed by atoms with Crippen molar-refractivity contribution in [2.75, 3.05) is 0 Å². The first-order valence-corrected chi connectivity index (χ1v) is 4.68. The molecule has 0 heterocycles. The molecule has 0 aromatic heterocycles. The van der Waals surface area contributed by atoms with Crippen molar-refractivity contribution >= 4 is 23.6 Å². The van der Waals surface area contributed by atoms with Gasteiger partial charge < -0.3 is 5.73 Å². The predicted octanol–water partition coefficient (Wildman–Crippen LogP) is 2.54. The van der Waals surface area contributed by atoms with Gasteiger partial charge in [-0.1, -0.05) is 41.4 Å². The first-order chi connectivity index (χ1) is 6.59. The zero-order chi connectivity index (χ0) is 10.6. The fraction of sp³-hybridized carbons (Fsp3) is 0.182. The fourth-order valence-electron chi connectivity index (χ4n) is 1.09. The molecule has 0 fully saturated rings. The Morgan fingerprint density at radius 3 is 2.93 bits per heavy atom. The van der Waals surface area contributed by atoms with Crippen LogP contribution in [0.1, 0.15) is 17.5 Å². The maximum Gasteiger partial charge on any atom is 0.221 e. The number of carbonyl (C=O) groups is 1. The summed E-state index contributed by atoms with van der Waals surface area (Å²) >= 11 is 5.94. The van der Waals surface area contributed by atoms with Crippen molar-refractivity contribution in [2.45, 2.75) is 13.3 Å². The molecule has 0 bridgehead atoms. The maximum atomic E-state index is 10.5. The van der Waals surface area contributed by atoms with E-state index in [-0.39, 0.29) is 12.3 Å². The minimum atomic E-state index is -0.343. The first kappa shape index (κ1) is 10.8. The maximum absolute atomic E-state index is 10.5. The normalized spacial score (nSPS) is 10.7. The SMILES string of the molecule is Cc1ccc(Cl)c(C=CCC(N)=O)c1. The Morgan fingerprint density at radius 2 is 2.29 bits per heavy atom. The van der Waals surface area contributed by atoms with Gasteiger partial charge in [0.2, 0.25) is 5.91 Å². The minimum absolute atomic E-state index is 0.240. The highest BCUT2D eigenvalue weighted by molar-refractivity contribution is 6.32.